The van der Waals surface area contributed by atoms with Crippen LogP contribution < -0.4 is 5.32 Å². The highest BCUT2D eigenvalue weighted by Gasteiger charge is 2.25. The Labute approximate surface area is 120 Å². The molecule has 3 heterocycles. The number of hydrogen-bond acceptors (Lipinski definition) is 5. The molecular weight excluding hydrogens is 270 g/mol. The Kier molecular flexibility index (Phi) is 2.53. The smallest absolute Gasteiger partial charge is 0.260 e. The summed E-state index contributed by atoms with van der Waals surface area (Å²) in [5.74, 6) is 0.556. The Balaban J connectivity index is 1.83. The zero-order valence-electron chi connectivity index (χ0n) is 11.4. The first-order chi connectivity index (χ1) is 10.2. The summed E-state index contributed by atoms with van der Waals surface area (Å²) in [7, 11) is 0. The molecule has 0 fully saturated rings. The molecule has 0 aliphatic heterocycles. The summed E-state index contributed by atoms with van der Waals surface area (Å²) in [4.78, 5) is 12.5. The fourth-order valence-corrected chi connectivity index (χ4v) is 2.89. The van der Waals surface area contributed by atoms with Crippen molar-refractivity contribution in [3.05, 3.63) is 41.5 Å². The van der Waals surface area contributed by atoms with Crippen LogP contribution in [0.5, 0.6) is 0 Å². The van der Waals surface area contributed by atoms with Crippen molar-refractivity contribution in [2.24, 2.45) is 0 Å². The molecule has 21 heavy (non-hydrogen) atoms. The topological polar surface area (TPSA) is 85.3 Å². The van der Waals surface area contributed by atoms with Crippen molar-refractivity contribution in [1.29, 1.82) is 0 Å². The van der Waals surface area contributed by atoms with Gasteiger partial charge in [-0.2, -0.15) is 0 Å². The van der Waals surface area contributed by atoms with E-state index in [1.165, 1.54) is 17.5 Å². The standard InChI is InChI=1S/C14H13N5O2/c1-8-2-3-11-9(8)6-10(13-17-15-7-19(11)13)14(20)16-12-4-5-21-18-12/h4-8H,2-3H2,1H3,(H,16,18,20)/t8-/m0/s1. The molecule has 0 bridgehead atoms. The van der Waals surface area contributed by atoms with Gasteiger partial charge in [0.15, 0.2) is 11.5 Å². The maximum absolute atomic E-state index is 12.5. The predicted molar refractivity (Wildman–Crippen MR) is 74.2 cm³/mol. The molecule has 1 N–H and O–H groups in total. The molecule has 3 aromatic rings. The Morgan fingerprint density at radius 3 is 3.24 bits per heavy atom. The number of aryl methyl sites for hydroxylation is 1. The minimum atomic E-state index is -0.260. The van der Waals surface area contributed by atoms with Gasteiger partial charge in [-0.3, -0.25) is 9.20 Å². The Hall–Kier alpha value is -2.70. The molecule has 0 radical (unpaired) electrons. The number of fused-ring (bicyclic) bond motifs is 3. The summed E-state index contributed by atoms with van der Waals surface area (Å²) in [6.07, 6.45) is 5.14. The van der Waals surface area contributed by atoms with Crippen LogP contribution in [0, 0.1) is 0 Å². The van der Waals surface area contributed by atoms with E-state index in [0.717, 1.165) is 12.8 Å². The summed E-state index contributed by atoms with van der Waals surface area (Å²) in [6, 6.07) is 3.52. The number of amides is 1. The summed E-state index contributed by atoms with van der Waals surface area (Å²) < 4.78 is 6.63. The third kappa shape index (κ3) is 1.81. The average Bonchev–Trinajstić information content (AvgIpc) is 3.18. The zero-order chi connectivity index (χ0) is 14.4. The second kappa shape index (κ2) is 4.41. The molecule has 1 atom stereocenters. The Morgan fingerprint density at radius 1 is 1.52 bits per heavy atom. The zero-order valence-corrected chi connectivity index (χ0v) is 11.4. The van der Waals surface area contributed by atoms with Crippen molar-refractivity contribution in [3.8, 4) is 0 Å². The highest BCUT2D eigenvalue weighted by molar-refractivity contribution is 6.08. The summed E-state index contributed by atoms with van der Waals surface area (Å²) in [5, 5.41) is 14.4. The number of hydrogen-bond donors (Lipinski definition) is 1. The number of pyridine rings is 1. The van der Waals surface area contributed by atoms with Crippen LogP contribution in [-0.2, 0) is 6.42 Å². The second-order valence-electron chi connectivity index (χ2n) is 5.26. The molecule has 0 saturated heterocycles. The third-order valence-corrected chi connectivity index (χ3v) is 3.98. The molecular formula is C14H13N5O2. The maximum atomic E-state index is 12.5. The first-order valence-corrected chi connectivity index (χ1v) is 6.81. The van der Waals surface area contributed by atoms with Gasteiger partial charge in [-0.25, -0.2) is 0 Å². The summed E-state index contributed by atoms with van der Waals surface area (Å²) in [6.45, 7) is 2.17. The van der Waals surface area contributed by atoms with Gasteiger partial charge in [-0.05, 0) is 30.4 Å². The van der Waals surface area contributed by atoms with Gasteiger partial charge in [0.2, 0.25) is 0 Å². The second-order valence-corrected chi connectivity index (χ2v) is 5.26. The highest BCUT2D eigenvalue weighted by atomic mass is 16.5. The van der Waals surface area contributed by atoms with E-state index in [-0.39, 0.29) is 5.91 Å². The quantitative estimate of drug-likeness (QED) is 0.777. The Morgan fingerprint density at radius 2 is 2.43 bits per heavy atom. The largest absolute Gasteiger partial charge is 0.363 e. The molecule has 106 valence electrons. The molecule has 3 aromatic heterocycles. The van der Waals surface area contributed by atoms with Crippen LogP contribution in [-0.4, -0.2) is 25.7 Å². The van der Waals surface area contributed by atoms with Gasteiger partial charge in [0.05, 0.1) is 5.56 Å². The number of nitrogens with zero attached hydrogens (tertiary/aromatic N) is 4. The van der Waals surface area contributed by atoms with Gasteiger partial charge in [0.25, 0.3) is 5.91 Å². The van der Waals surface area contributed by atoms with Gasteiger partial charge in [0, 0.05) is 11.8 Å². The molecule has 4 rings (SSSR count). The maximum Gasteiger partial charge on any atom is 0.260 e. The number of anilines is 1. The van der Waals surface area contributed by atoms with Crippen molar-refractivity contribution in [2.45, 2.75) is 25.7 Å². The van der Waals surface area contributed by atoms with Crippen LogP contribution >= 0.6 is 0 Å². The van der Waals surface area contributed by atoms with Crippen LogP contribution in [0.1, 0.15) is 40.9 Å². The molecule has 7 nitrogen and oxygen atoms in total. The molecule has 0 unspecified atom stereocenters. The van der Waals surface area contributed by atoms with Crippen LogP contribution in [0.25, 0.3) is 5.65 Å². The van der Waals surface area contributed by atoms with Crippen LogP contribution in [0.3, 0.4) is 0 Å². The van der Waals surface area contributed by atoms with Gasteiger partial charge >= 0.3 is 0 Å². The van der Waals surface area contributed by atoms with Gasteiger partial charge < -0.3 is 9.84 Å². The monoisotopic (exact) mass is 283 g/mol. The number of carbonyl (C=O) groups excluding carboxylic acids is 1. The number of rotatable bonds is 2. The fourth-order valence-electron chi connectivity index (χ4n) is 2.89. The lowest BCUT2D eigenvalue weighted by atomic mass is 10.0. The lowest BCUT2D eigenvalue weighted by Crippen LogP contribution is -2.15. The normalized spacial score (nSPS) is 17.1. The third-order valence-electron chi connectivity index (χ3n) is 3.98. The first-order valence-electron chi connectivity index (χ1n) is 6.81. The van der Waals surface area contributed by atoms with E-state index in [9.17, 15) is 4.79 Å². The first kappa shape index (κ1) is 12.1. The lowest BCUT2D eigenvalue weighted by molar-refractivity contribution is 0.102. The number of carbonyl (C=O) groups is 1. The Bertz CT molecular complexity index is 821. The molecule has 1 aliphatic rings. The molecule has 1 aliphatic carbocycles. The van der Waals surface area contributed by atoms with E-state index >= 15 is 0 Å². The van der Waals surface area contributed by atoms with Gasteiger partial charge in [-0.15, -0.1) is 10.2 Å². The minimum Gasteiger partial charge on any atom is -0.363 e. The van der Waals surface area contributed by atoms with E-state index in [1.54, 1.807) is 12.4 Å². The van der Waals surface area contributed by atoms with Gasteiger partial charge in [0.1, 0.15) is 12.6 Å². The molecule has 0 aromatic carbocycles. The number of aromatic nitrogens is 4. The highest BCUT2D eigenvalue weighted by Crippen LogP contribution is 2.34. The fraction of sp³-hybridized carbons (Fsp3) is 0.286. The van der Waals surface area contributed by atoms with E-state index in [2.05, 4.69) is 27.6 Å². The van der Waals surface area contributed by atoms with Gasteiger partial charge in [-0.1, -0.05) is 12.1 Å². The van der Waals surface area contributed by atoms with Crippen molar-refractivity contribution in [1.82, 2.24) is 19.8 Å². The van der Waals surface area contributed by atoms with Crippen LogP contribution in [0.4, 0.5) is 5.82 Å². The van der Waals surface area contributed by atoms with E-state index in [4.69, 9.17) is 4.52 Å². The van der Waals surface area contributed by atoms with Crippen LogP contribution in [0.2, 0.25) is 0 Å². The molecule has 0 spiro atoms. The van der Waals surface area contributed by atoms with E-state index in [0.29, 0.717) is 22.9 Å². The van der Waals surface area contributed by atoms with E-state index < -0.39 is 0 Å². The summed E-state index contributed by atoms with van der Waals surface area (Å²) in [5.41, 5.74) is 3.46. The summed E-state index contributed by atoms with van der Waals surface area (Å²) >= 11 is 0. The average molecular weight is 283 g/mol. The molecule has 7 heteroatoms. The minimum absolute atomic E-state index is 0.260. The number of nitrogens with one attached hydrogen (secondary N) is 1. The SMILES string of the molecule is C[C@H]1CCc2c1cc(C(=O)Nc1ccon1)c1nncn21. The van der Waals surface area contributed by atoms with Crippen LogP contribution in [0.15, 0.2) is 29.2 Å². The van der Waals surface area contributed by atoms with Crippen molar-refractivity contribution in [2.75, 3.05) is 5.32 Å². The predicted octanol–water partition coefficient (Wildman–Crippen LogP) is 2.02. The lowest BCUT2D eigenvalue weighted by Gasteiger charge is -2.10. The van der Waals surface area contributed by atoms with Crippen molar-refractivity contribution < 1.29 is 9.32 Å². The van der Waals surface area contributed by atoms with Crippen molar-refractivity contribution >= 4 is 17.4 Å². The van der Waals surface area contributed by atoms with Crippen molar-refractivity contribution in [3.63, 3.8) is 0 Å². The van der Waals surface area contributed by atoms with E-state index in [1.807, 2.05) is 10.5 Å². The molecule has 1 amide bonds. The molecule has 0 saturated carbocycles.